The Hall–Kier alpha value is -6.48. The summed E-state index contributed by atoms with van der Waals surface area (Å²) in [7, 11) is 0. The molecule has 1 aliphatic rings. The van der Waals surface area contributed by atoms with Gasteiger partial charge in [0.25, 0.3) is 11.8 Å². The van der Waals surface area contributed by atoms with Gasteiger partial charge >= 0.3 is 0 Å². The van der Waals surface area contributed by atoms with E-state index in [1.54, 1.807) is 54.9 Å². The highest BCUT2D eigenvalue weighted by Gasteiger charge is 2.43. The smallest absolute Gasteiger partial charge is 0.258 e. The third-order valence-corrected chi connectivity index (χ3v) is 9.14. The van der Waals surface area contributed by atoms with Crippen molar-refractivity contribution in [1.82, 2.24) is 15.1 Å². The minimum Gasteiger partial charge on any atom is -0.342 e. The number of rotatable bonds is 7. The molecule has 4 aromatic carbocycles. The van der Waals surface area contributed by atoms with Crippen molar-refractivity contribution in [2.75, 3.05) is 9.80 Å². The van der Waals surface area contributed by atoms with Crippen molar-refractivity contribution in [3.8, 4) is 23.9 Å². The predicted molar refractivity (Wildman–Crippen MR) is 194 cm³/mol. The van der Waals surface area contributed by atoms with E-state index in [1.807, 2.05) is 43.3 Å². The summed E-state index contributed by atoms with van der Waals surface area (Å²) in [5.41, 5.74) is 3.79. The number of fused-ring (bicyclic) bond motifs is 2. The maximum absolute atomic E-state index is 14.8. The van der Waals surface area contributed by atoms with Gasteiger partial charge in [0.15, 0.2) is 0 Å². The minimum absolute atomic E-state index is 0. The second-order valence-electron chi connectivity index (χ2n) is 12.1. The SMILES string of the molecule is CC[C@@H](C)C(=O)N[C@@H]1C(=O)N(Cc2nn(-c3ccccc3C#N)c3ccccc23)c2ccc(C#N)cc2N(C(=O)c2ccc(C#N)cc2)[C@H]1C.Cl. The molecule has 0 aliphatic carbocycles. The molecule has 1 aromatic heterocycles. The summed E-state index contributed by atoms with van der Waals surface area (Å²) in [6, 6.07) is 29.8. The highest BCUT2D eigenvalue weighted by Crippen LogP contribution is 2.39. The molecule has 0 fully saturated rings. The number of carbonyl (C=O) groups excluding carboxylic acids is 3. The normalized spacial score (nSPS) is 15.7. The van der Waals surface area contributed by atoms with Crippen molar-refractivity contribution in [2.45, 2.75) is 45.8 Å². The first-order chi connectivity index (χ1) is 24.2. The average molecular weight is 697 g/mol. The molecule has 0 saturated heterocycles. The Morgan fingerprint density at radius 3 is 2.22 bits per heavy atom. The summed E-state index contributed by atoms with van der Waals surface area (Å²) < 4.78 is 1.68. The van der Waals surface area contributed by atoms with Gasteiger partial charge in [0, 0.05) is 16.9 Å². The van der Waals surface area contributed by atoms with Gasteiger partial charge in [0.1, 0.15) is 12.1 Å². The Morgan fingerprint density at radius 1 is 0.863 bits per heavy atom. The number of nitrogens with one attached hydrogen (secondary N) is 1. The lowest BCUT2D eigenvalue weighted by atomic mass is 10.0. The molecule has 2 heterocycles. The molecule has 0 radical (unpaired) electrons. The summed E-state index contributed by atoms with van der Waals surface area (Å²) in [4.78, 5) is 45.5. The number of benzene rings is 4. The van der Waals surface area contributed by atoms with E-state index in [2.05, 4.69) is 17.5 Å². The van der Waals surface area contributed by atoms with Crippen LogP contribution in [0.1, 0.15) is 59.9 Å². The average Bonchev–Trinajstić information content (AvgIpc) is 3.49. The number of halogens is 1. The molecule has 11 nitrogen and oxygen atoms in total. The number of para-hydroxylation sites is 2. The Morgan fingerprint density at radius 2 is 1.53 bits per heavy atom. The molecule has 0 spiro atoms. The number of amides is 3. The van der Waals surface area contributed by atoms with E-state index in [0.717, 1.165) is 10.9 Å². The van der Waals surface area contributed by atoms with E-state index in [9.17, 15) is 30.2 Å². The maximum atomic E-state index is 14.8. The predicted octanol–water partition coefficient (Wildman–Crippen LogP) is 6.18. The quantitative estimate of drug-likeness (QED) is 0.213. The van der Waals surface area contributed by atoms with Gasteiger partial charge in [-0.25, -0.2) is 4.68 Å². The molecule has 1 N–H and O–H groups in total. The fourth-order valence-electron chi connectivity index (χ4n) is 6.16. The van der Waals surface area contributed by atoms with E-state index < -0.39 is 29.8 Å². The molecule has 51 heavy (non-hydrogen) atoms. The molecule has 12 heteroatoms. The molecule has 0 saturated carbocycles. The van der Waals surface area contributed by atoms with Crippen molar-refractivity contribution in [2.24, 2.45) is 5.92 Å². The Labute approximate surface area is 301 Å². The van der Waals surface area contributed by atoms with Crippen LogP contribution >= 0.6 is 12.4 Å². The lowest BCUT2D eigenvalue weighted by Crippen LogP contribution is -2.58. The monoisotopic (exact) mass is 696 g/mol. The number of hydrogen-bond acceptors (Lipinski definition) is 7. The highest BCUT2D eigenvalue weighted by molar-refractivity contribution is 6.13. The van der Waals surface area contributed by atoms with Crippen molar-refractivity contribution < 1.29 is 14.4 Å². The van der Waals surface area contributed by atoms with E-state index in [1.165, 1.54) is 34.1 Å². The van der Waals surface area contributed by atoms with Gasteiger partial charge in [0.2, 0.25) is 5.91 Å². The Balaban J connectivity index is 0.00000504. The van der Waals surface area contributed by atoms with E-state index >= 15 is 0 Å². The number of nitriles is 3. The molecule has 0 bridgehead atoms. The topological polar surface area (TPSA) is 159 Å². The third-order valence-electron chi connectivity index (χ3n) is 9.14. The maximum Gasteiger partial charge on any atom is 0.258 e. The molecule has 5 aromatic rings. The van der Waals surface area contributed by atoms with Gasteiger partial charge in [-0.1, -0.05) is 44.2 Å². The van der Waals surface area contributed by atoms with Crippen molar-refractivity contribution in [1.29, 1.82) is 15.8 Å². The van der Waals surface area contributed by atoms with Crippen LogP contribution in [0.25, 0.3) is 16.6 Å². The molecule has 3 amide bonds. The van der Waals surface area contributed by atoms with Crippen molar-refractivity contribution >= 4 is 52.4 Å². The number of hydrogen-bond donors (Lipinski definition) is 1. The van der Waals surface area contributed by atoms with Gasteiger partial charge in [-0.05, 0) is 74.0 Å². The number of nitrogens with zero attached hydrogens (tertiary/aromatic N) is 7. The van der Waals surface area contributed by atoms with Crippen LogP contribution in [0.15, 0.2) is 91.0 Å². The molecule has 0 unspecified atom stereocenters. The lowest BCUT2D eigenvalue weighted by molar-refractivity contribution is -0.130. The third kappa shape index (κ3) is 6.61. The zero-order valence-corrected chi connectivity index (χ0v) is 28.9. The van der Waals surface area contributed by atoms with Gasteiger partial charge in [-0.15, -0.1) is 12.4 Å². The first-order valence-electron chi connectivity index (χ1n) is 16.2. The van der Waals surface area contributed by atoms with Gasteiger partial charge in [-0.2, -0.15) is 20.9 Å². The fourth-order valence-corrected chi connectivity index (χ4v) is 6.16. The van der Waals surface area contributed by atoms with Crippen molar-refractivity contribution in [3.63, 3.8) is 0 Å². The molecule has 3 atom stereocenters. The summed E-state index contributed by atoms with van der Waals surface area (Å²) in [5, 5.41) is 37.7. The Kier molecular flexibility index (Phi) is 10.5. The summed E-state index contributed by atoms with van der Waals surface area (Å²) >= 11 is 0. The second kappa shape index (κ2) is 15.0. The second-order valence-corrected chi connectivity index (χ2v) is 12.1. The van der Waals surface area contributed by atoms with Crippen LogP contribution in [0, 0.1) is 39.9 Å². The van der Waals surface area contributed by atoms with Crippen LogP contribution in [-0.2, 0) is 16.1 Å². The largest absolute Gasteiger partial charge is 0.342 e. The van der Waals surface area contributed by atoms with Crippen LogP contribution in [0.3, 0.4) is 0 Å². The van der Waals surface area contributed by atoms with Crippen LogP contribution in [0.2, 0.25) is 0 Å². The zero-order chi connectivity index (χ0) is 35.5. The first-order valence-corrected chi connectivity index (χ1v) is 16.2. The van der Waals surface area contributed by atoms with Crippen LogP contribution < -0.4 is 15.1 Å². The molecular formula is C39H33ClN8O3. The van der Waals surface area contributed by atoms with Crippen LogP contribution in [0.4, 0.5) is 11.4 Å². The number of carbonyl (C=O) groups is 3. The molecule has 254 valence electrons. The number of anilines is 2. The van der Waals surface area contributed by atoms with Crippen LogP contribution in [-0.4, -0.2) is 39.6 Å². The van der Waals surface area contributed by atoms with Gasteiger partial charge in [-0.3, -0.25) is 14.4 Å². The molecule has 1 aliphatic heterocycles. The summed E-state index contributed by atoms with van der Waals surface area (Å²) in [6.07, 6.45) is 0.540. The minimum atomic E-state index is -1.18. The van der Waals surface area contributed by atoms with Gasteiger partial charge in [0.05, 0.1) is 69.7 Å². The Bertz CT molecular complexity index is 2280. The summed E-state index contributed by atoms with van der Waals surface area (Å²) in [6.45, 7) is 5.28. The standard InChI is InChI=1S/C39H32N8O3.ClH/c1-4-24(2)37(48)43-36-25(3)46(38(49)28-16-13-26(20-40)14-17-28)35-19-27(21-41)15-18-34(35)45(39(36)50)23-31-30-10-6-8-12-33(30)47(44-31)32-11-7-5-9-29(32)22-42;/h5-19,24-25,36H,4,23H2,1-3H3,(H,43,48);1H/t24-,25+,36+;/m1./s1. The number of aromatic nitrogens is 2. The molecular weight excluding hydrogens is 664 g/mol. The zero-order valence-electron chi connectivity index (χ0n) is 28.1. The van der Waals surface area contributed by atoms with E-state index in [0.29, 0.717) is 40.3 Å². The highest BCUT2D eigenvalue weighted by atomic mass is 35.5. The van der Waals surface area contributed by atoms with Gasteiger partial charge < -0.3 is 15.1 Å². The van der Waals surface area contributed by atoms with Crippen molar-refractivity contribution in [3.05, 3.63) is 119 Å². The molecule has 6 rings (SSSR count). The van der Waals surface area contributed by atoms with Crippen LogP contribution in [0.5, 0.6) is 0 Å². The lowest BCUT2D eigenvalue weighted by Gasteiger charge is -2.32. The summed E-state index contributed by atoms with van der Waals surface area (Å²) in [5.74, 6) is -1.68. The van der Waals surface area contributed by atoms with E-state index in [4.69, 9.17) is 5.10 Å². The fraction of sp³-hybridized carbons (Fsp3) is 0.205. The first kappa shape index (κ1) is 35.8. The van der Waals surface area contributed by atoms with E-state index in [-0.39, 0.29) is 36.0 Å².